The number of hydrogen-bond acceptors (Lipinski definition) is 7. The summed E-state index contributed by atoms with van der Waals surface area (Å²) in [6.45, 7) is 8.85. The summed E-state index contributed by atoms with van der Waals surface area (Å²) in [4.78, 5) is 22.3. The number of rotatable bonds is 15. The van der Waals surface area contributed by atoms with E-state index < -0.39 is 10.0 Å². The number of aromatic nitrogens is 1. The lowest BCUT2D eigenvalue weighted by molar-refractivity contribution is -0.137. The minimum atomic E-state index is -3.86. The lowest BCUT2D eigenvalue weighted by atomic mass is 9.70. The fourth-order valence-corrected chi connectivity index (χ4v) is 9.10. The first-order valence-corrected chi connectivity index (χ1v) is 18.3. The van der Waals surface area contributed by atoms with E-state index in [-0.39, 0.29) is 42.5 Å². The Hall–Kier alpha value is -3.31. The summed E-state index contributed by atoms with van der Waals surface area (Å²) < 4.78 is 40.7. The molecule has 9 nitrogen and oxygen atoms in total. The first-order valence-electron chi connectivity index (χ1n) is 16.9. The van der Waals surface area contributed by atoms with Gasteiger partial charge in [0.15, 0.2) is 0 Å². The molecule has 0 N–H and O–H groups in total. The first-order chi connectivity index (χ1) is 22.7. The Bertz CT molecular complexity index is 1530. The molecule has 2 aromatic carbocycles. The smallest absolute Gasteiger partial charge is 0.248 e. The van der Waals surface area contributed by atoms with Crippen LogP contribution < -0.4 is 4.74 Å². The minimum Gasteiger partial charge on any atom is -0.497 e. The molecule has 254 valence electrons. The van der Waals surface area contributed by atoms with Gasteiger partial charge in [-0.1, -0.05) is 30.3 Å². The summed E-state index contributed by atoms with van der Waals surface area (Å²) in [7, 11) is -2.29. The van der Waals surface area contributed by atoms with Gasteiger partial charge in [-0.3, -0.25) is 9.78 Å². The number of methoxy groups -OCH3 is 1. The number of pyridine rings is 1. The summed E-state index contributed by atoms with van der Waals surface area (Å²) in [5, 5.41) is 0. The van der Waals surface area contributed by atoms with E-state index >= 15 is 0 Å². The van der Waals surface area contributed by atoms with Crippen molar-refractivity contribution >= 4 is 15.9 Å². The average Bonchev–Trinajstić information content (AvgIpc) is 3.60. The summed E-state index contributed by atoms with van der Waals surface area (Å²) in [6.07, 6.45) is 10.4. The number of ether oxygens (including phenoxy) is 2. The van der Waals surface area contributed by atoms with Gasteiger partial charge in [0.05, 0.1) is 18.6 Å². The maximum atomic E-state index is 14.0. The normalized spacial score (nSPS) is 16.9. The molecule has 2 saturated heterocycles. The molecule has 3 aromatic rings. The number of amides is 1. The Morgan fingerprint density at radius 1 is 0.957 bits per heavy atom. The highest BCUT2D eigenvalue weighted by atomic mass is 32.2. The van der Waals surface area contributed by atoms with Crippen LogP contribution in [0.25, 0.3) is 0 Å². The number of piperidine rings is 1. The van der Waals surface area contributed by atoms with E-state index in [1.165, 1.54) is 35.8 Å². The molecule has 0 atom stereocenters. The van der Waals surface area contributed by atoms with Crippen molar-refractivity contribution < 1.29 is 22.7 Å². The van der Waals surface area contributed by atoms with Crippen LogP contribution in [-0.2, 0) is 31.5 Å². The Morgan fingerprint density at radius 2 is 1.62 bits per heavy atom. The number of carbonyl (C=O) groups is 1. The zero-order chi connectivity index (χ0) is 33.3. The number of aryl methyl sites for hydroxylation is 2. The van der Waals surface area contributed by atoms with Gasteiger partial charge in [0.2, 0.25) is 15.9 Å². The zero-order valence-corrected chi connectivity index (χ0v) is 29.0. The molecular weight excluding hydrogens is 612 g/mol. The third-order valence-electron chi connectivity index (χ3n) is 9.87. The minimum absolute atomic E-state index is 0.0460. The van der Waals surface area contributed by atoms with Crippen LogP contribution in [0.15, 0.2) is 71.9 Å². The molecule has 5 rings (SSSR count). The molecule has 0 unspecified atom stereocenters. The van der Waals surface area contributed by atoms with Gasteiger partial charge in [0.1, 0.15) is 12.4 Å². The molecule has 2 fully saturated rings. The van der Waals surface area contributed by atoms with Gasteiger partial charge in [-0.2, -0.15) is 4.31 Å². The Labute approximate surface area is 280 Å². The van der Waals surface area contributed by atoms with Crippen molar-refractivity contribution in [3.63, 3.8) is 0 Å². The summed E-state index contributed by atoms with van der Waals surface area (Å²) in [5.41, 5.74) is 3.49. The molecule has 47 heavy (non-hydrogen) atoms. The maximum absolute atomic E-state index is 14.0. The van der Waals surface area contributed by atoms with Crippen molar-refractivity contribution in [2.24, 2.45) is 0 Å². The van der Waals surface area contributed by atoms with E-state index in [1.807, 2.05) is 47.6 Å². The zero-order valence-electron chi connectivity index (χ0n) is 28.2. The standard InChI is InChI=1S/C37H50N4O5S/c1-30-26-34(45-3)27-31(2)36(30)47(43,44)41(28-32-10-5-4-6-11-32)24-25-46-29-35(42)40-22-15-37(16-23-40,33-12-17-38-18-13-33)14-9-21-39-19-7-8-20-39/h4-6,10-13,17-18,26-27H,7-9,14-16,19-25,28-29H2,1-3H3. The molecule has 0 bridgehead atoms. The monoisotopic (exact) mass is 662 g/mol. The molecule has 3 heterocycles. The predicted octanol–water partition coefficient (Wildman–Crippen LogP) is 5.35. The largest absolute Gasteiger partial charge is 0.497 e. The second-order valence-corrected chi connectivity index (χ2v) is 14.9. The van der Waals surface area contributed by atoms with Crippen molar-refractivity contribution in [2.75, 3.05) is 59.6 Å². The van der Waals surface area contributed by atoms with Gasteiger partial charge in [-0.25, -0.2) is 8.42 Å². The Kier molecular flexibility index (Phi) is 12.1. The molecule has 0 aliphatic carbocycles. The molecule has 0 saturated carbocycles. The van der Waals surface area contributed by atoms with Crippen LogP contribution in [0.1, 0.15) is 60.8 Å². The van der Waals surface area contributed by atoms with Gasteiger partial charge in [-0.05, 0) is 124 Å². The van der Waals surface area contributed by atoms with Gasteiger partial charge >= 0.3 is 0 Å². The fourth-order valence-electron chi connectivity index (χ4n) is 7.27. The van der Waals surface area contributed by atoms with Crippen molar-refractivity contribution in [1.82, 2.24) is 19.1 Å². The van der Waals surface area contributed by atoms with E-state index in [4.69, 9.17) is 9.47 Å². The SMILES string of the molecule is COc1cc(C)c(S(=O)(=O)N(CCOCC(=O)N2CCC(CCCN3CCCC3)(c3ccncc3)CC2)Cc2ccccc2)c(C)c1. The second-order valence-electron chi connectivity index (χ2n) is 13.0. The predicted molar refractivity (Wildman–Crippen MR) is 184 cm³/mol. The third kappa shape index (κ3) is 8.79. The number of likely N-dealkylation sites (tertiary alicyclic amines) is 2. The van der Waals surface area contributed by atoms with E-state index in [1.54, 1.807) is 33.1 Å². The Balaban J connectivity index is 1.18. The van der Waals surface area contributed by atoms with Crippen molar-refractivity contribution in [3.8, 4) is 5.75 Å². The van der Waals surface area contributed by atoms with Crippen molar-refractivity contribution in [3.05, 3.63) is 89.2 Å². The molecule has 0 radical (unpaired) electrons. The lowest BCUT2D eigenvalue weighted by Crippen LogP contribution is -2.46. The third-order valence-corrected chi connectivity index (χ3v) is 12.0. The van der Waals surface area contributed by atoms with Gasteiger partial charge in [-0.15, -0.1) is 0 Å². The van der Waals surface area contributed by atoms with E-state index in [9.17, 15) is 13.2 Å². The second kappa shape index (κ2) is 16.2. The van der Waals surface area contributed by atoms with Gasteiger partial charge < -0.3 is 19.3 Å². The van der Waals surface area contributed by atoms with Crippen LogP contribution in [0, 0.1) is 13.8 Å². The van der Waals surface area contributed by atoms with Gasteiger partial charge in [0, 0.05) is 38.6 Å². The van der Waals surface area contributed by atoms with Crippen LogP contribution in [0.3, 0.4) is 0 Å². The van der Waals surface area contributed by atoms with Crippen molar-refractivity contribution in [1.29, 1.82) is 0 Å². The van der Waals surface area contributed by atoms with Crippen LogP contribution in [-0.4, -0.2) is 93.0 Å². The number of benzene rings is 2. The Morgan fingerprint density at radius 3 is 2.26 bits per heavy atom. The molecule has 1 aromatic heterocycles. The molecular formula is C37H50N4O5S. The number of hydrogen-bond donors (Lipinski definition) is 0. The van der Waals surface area contributed by atoms with Gasteiger partial charge in [0.25, 0.3) is 0 Å². The quantitative estimate of drug-likeness (QED) is 0.203. The average molecular weight is 663 g/mol. The van der Waals surface area contributed by atoms with Crippen LogP contribution in [0.4, 0.5) is 0 Å². The van der Waals surface area contributed by atoms with Crippen molar-refractivity contribution in [2.45, 2.75) is 69.2 Å². The highest BCUT2D eigenvalue weighted by molar-refractivity contribution is 7.89. The van der Waals surface area contributed by atoms with Crippen LogP contribution in [0.2, 0.25) is 0 Å². The molecule has 2 aliphatic rings. The molecule has 1 amide bonds. The molecule has 2 aliphatic heterocycles. The molecule has 0 spiro atoms. The summed E-state index contributed by atoms with van der Waals surface area (Å²) >= 11 is 0. The number of carbonyl (C=O) groups excluding carboxylic acids is 1. The van der Waals surface area contributed by atoms with E-state index in [2.05, 4.69) is 22.0 Å². The van der Waals surface area contributed by atoms with Crippen LogP contribution >= 0.6 is 0 Å². The summed E-state index contributed by atoms with van der Waals surface area (Å²) in [6, 6.07) is 17.3. The highest BCUT2D eigenvalue weighted by Crippen LogP contribution is 2.40. The molecule has 10 heteroatoms. The highest BCUT2D eigenvalue weighted by Gasteiger charge is 2.37. The lowest BCUT2D eigenvalue weighted by Gasteiger charge is -2.42. The van der Waals surface area contributed by atoms with Crippen LogP contribution in [0.5, 0.6) is 5.75 Å². The fraction of sp³-hybridized carbons (Fsp3) is 0.514. The number of sulfonamides is 1. The maximum Gasteiger partial charge on any atom is 0.248 e. The first kappa shape index (κ1) is 35.0. The number of nitrogens with zero attached hydrogens (tertiary/aromatic N) is 4. The summed E-state index contributed by atoms with van der Waals surface area (Å²) in [5.74, 6) is 0.568. The van der Waals surface area contributed by atoms with E-state index in [0.717, 1.165) is 37.8 Å². The van der Waals surface area contributed by atoms with E-state index in [0.29, 0.717) is 30.0 Å². The topological polar surface area (TPSA) is 92.3 Å².